The molecule has 3 rings (SSSR count). The van der Waals surface area contributed by atoms with E-state index in [0.717, 1.165) is 26.6 Å². The Morgan fingerprint density at radius 1 is 1.10 bits per heavy atom. The summed E-state index contributed by atoms with van der Waals surface area (Å²) in [6, 6.07) is 9.69. The van der Waals surface area contributed by atoms with E-state index in [9.17, 15) is 4.79 Å². The highest BCUT2D eigenvalue weighted by molar-refractivity contribution is 9.10. The zero-order valence-corrected chi connectivity index (χ0v) is 13.4. The molecule has 1 unspecified atom stereocenters. The third-order valence-corrected chi connectivity index (χ3v) is 4.64. The number of H-pyrrole nitrogens is 2. The van der Waals surface area contributed by atoms with Gasteiger partial charge in [0.25, 0.3) is 0 Å². The van der Waals surface area contributed by atoms with E-state index >= 15 is 0 Å². The Morgan fingerprint density at radius 3 is 2.48 bits per heavy atom. The van der Waals surface area contributed by atoms with E-state index in [0.29, 0.717) is 0 Å². The molecule has 21 heavy (non-hydrogen) atoms. The maximum absolute atomic E-state index is 11.4. The Morgan fingerprint density at radius 2 is 1.76 bits per heavy atom. The van der Waals surface area contributed by atoms with Crippen LogP contribution >= 0.6 is 15.9 Å². The number of nitrogens with one attached hydrogen (secondary N) is 2. The van der Waals surface area contributed by atoms with Gasteiger partial charge in [0.15, 0.2) is 0 Å². The monoisotopic (exact) mass is 345 g/mol. The molecule has 1 aromatic heterocycles. The van der Waals surface area contributed by atoms with Crippen LogP contribution in [0.1, 0.15) is 28.3 Å². The fraction of sp³-hybridized carbons (Fsp3) is 0.188. The van der Waals surface area contributed by atoms with Crippen molar-refractivity contribution in [3.63, 3.8) is 0 Å². The maximum atomic E-state index is 11.4. The fourth-order valence-corrected chi connectivity index (χ4v) is 3.18. The molecule has 0 aliphatic rings. The second-order valence-electron chi connectivity index (χ2n) is 5.27. The average molecular weight is 346 g/mol. The molecule has 2 aromatic carbocycles. The normalized spacial score (nSPS) is 12.8. The van der Waals surface area contributed by atoms with Gasteiger partial charge in [-0.2, -0.15) is 0 Å². The average Bonchev–Trinajstić information content (AvgIpc) is 2.79. The van der Waals surface area contributed by atoms with Crippen molar-refractivity contribution < 1.29 is 0 Å². The quantitative estimate of drug-likeness (QED) is 0.666. The van der Waals surface area contributed by atoms with Crippen LogP contribution in [0, 0.1) is 13.8 Å². The van der Waals surface area contributed by atoms with E-state index in [1.165, 1.54) is 11.1 Å². The molecule has 0 saturated carbocycles. The van der Waals surface area contributed by atoms with Crippen molar-refractivity contribution in [3.8, 4) is 0 Å². The number of benzene rings is 2. The van der Waals surface area contributed by atoms with Crippen LogP contribution in [-0.2, 0) is 0 Å². The molecule has 3 aromatic rings. The Balaban J connectivity index is 2.16. The molecule has 0 aliphatic heterocycles. The van der Waals surface area contributed by atoms with Crippen LogP contribution in [0.2, 0.25) is 0 Å². The zero-order valence-electron chi connectivity index (χ0n) is 11.8. The first-order valence-electron chi connectivity index (χ1n) is 6.70. The van der Waals surface area contributed by atoms with E-state index in [2.05, 4.69) is 45.8 Å². The molecule has 0 radical (unpaired) electrons. The Bertz CT molecular complexity index is 879. The van der Waals surface area contributed by atoms with Gasteiger partial charge >= 0.3 is 5.69 Å². The molecule has 5 heteroatoms. The van der Waals surface area contributed by atoms with E-state index in [4.69, 9.17) is 5.73 Å². The molecular weight excluding hydrogens is 330 g/mol. The third-order valence-electron chi connectivity index (χ3n) is 3.95. The van der Waals surface area contributed by atoms with Crippen molar-refractivity contribution in [2.24, 2.45) is 5.73 Å². The number of aromatic nitrogens is 2. The second kappa shape index (κ2) is 5.16. The first-order valence-corrected chi connectivity index (χ1v) is 7.50. The molecule has 1 atom stereocenters. The number of nitrogens with two attached hydrogens (primary N) is 1. The van der Waals surface area contributed by atoms with Gasteiger partial charge in [-0.05, 0) is 48.2 Å². The van der Waals surface area contributed by atoms with E-state index in [-0.39, 0.29) is 11.7 Å². The van der Waals surface area contributed by atoms with Crippen molar-refractivity contribution >= 4 is 27.0 Å². The molecular formula is C16H16BrN3O. The first kappa shape index (κ1) is 14.1. The van der Waals surface area contributed by atoms with Crippen LogP contribution < -0.4 is 11.4 Å². The summed E-state index contributed by atoms with van der Waals surface area (Å²) >= 11 is 3.55. The number of rotatable bonds is 2. The number of aryl methyl sites for hydroxylation is 1. The zero-order chi connectivity index (χ0) is 15.1. The van der Waals surface area contributed by atoms with E-state index in [1.54, 1.807) is 0 Å². The molecule has 1 heterocycles. The summed E-state index contributed by atoms with van der Waals surface area (Å²) in [7, 11) is 0. The van der Waals surface area contributed by atoms with E-state index < -0.39 is 0 Å². The summed E-state index contributed by atoms with van der Waals surface area (Å²) in [5.74, 6) is 0. The molecule has 4 nitrogen and oxygen atoms in total. The predicted octanol–water partition coefficient (Wildman–Crippen LogP) is 3.28. The molecule has 0 spiro atoms. The minimum absolute atomic E-state index is 0.214. The Hall–Kier alpha value is -1.85. The molecule has 0 saturated heterocycles. The Kier molecular flexibility index (Phi) is 3.47. The summed E-state index contributed by atoms with van der Waals surface area (Å²) < 4.78 is 0.888. The van der Waals surface area contributed by atoms with Gasteiger partial charge < -0.3 is 15.7 Å². The second-order valence-corrected chi connectivity index (χ2v) is 6.12. The van der Waals surface area contributed by atoms with Gasteiger partial charge in [-0.15, -0.1) is 0 Å². The topological polar surface area (TPSA) is 74.7 Å². The van der Waals surface area contributed by atoms with Gasteiger partial charge in [-0.25, -0.2) is 4.79 Å². The number of hydrogen-bond donors (Lipinski definition) is 3. The van der Waals surface area contributed by atoms with Crippen molar-refractivity contribution in [1.82, 2.24) is 9.97 Å². The lowest BCUT2D eigenvalue weighted by molar-refractivity contribution is 0.855. The summed E-state index contributed by atoms with van der Waals surface area (Å²) in [6.45, 7) is 4.16. The van der Waals surface area contributed by atoms with Crippen LogP contribution in [-0.4, -0.2) is 9.97 Å². The van der Waals surface area contributed by atoms with Gasteiger partial charge in [0.2, 0.25) is 0 Å². The molecule has 4 N–H and O–H groups in total. The van der Waals surface area contributed by atoms with Crippen LogP contribution in [0.3, 0.4) is 0 Å². The number of halogens is 1. The summed E-state index contributed by atoms with van der Waals surface area (Å²) in [6.07, 6.45) is 0. The number of hydrogen-bond acceptors (Lipinski definition) is 2. The van der Waals surface area contributed by atoms with Crippen molar-refractivity contribution in [1.29, 1.82) is 0 Å². The maximum Gasteiger partial charge on any atom is 0.323 e. The summed E-state index contributed by atoms with van der Waals surface area (Å²) in [4.78, 5) is 16.9. The molecule has 108 valence electrons. The van der Waals surface area contributed by atoms with Gasteiger partial charge in [0, 0.05) is 4.47 Å². The largest absolute Gasteiger partial charge is 0.323 e. The molecule has 0 amide bonds. The van der Waals surface area contributed by atoms with Gasteiger partial charge in [-0.1, -0.05) is 34.1 Å². The number of fused-ring (bicyclic) bond motifs is 1. The molecule has 0 bridgehead atoms. The minimum Gasteiger partial charge on any atom is -0.320 e. The van der Waals surface area contributed by atoms with Gasteiger partial charge in [0.05, 0.1) is 17.1 Å². The first-order chi connectivity index (χ1) is 9.97. The Labute approximate surface area is 130 Å². The highest BCUT2D eigenvalue weighted by atomic mass is 79.9. The lowest BCUT2D eigenvalue weighted by Crippen LogP contribution is -2.14. The highest BCUT2D eigenvalue weighted by Crippen LogP contribution is 2.31. The van der Waals surface area contributed by atoms with Crippen molar-refractivity contribution in [3.05, 3.63) is 67.5 Å². The summed E-state index contributed by atoms with van der Waals surface area (Å²) in [5, 5.41) is 0. The van der Waals surface area contributed by atoms with Crippen LogP contribution in [0.15, 0.2) is 39.6 Å². The smallest absolute Gasteiger partial charge is 0.320 e. The van der Waals surface area contributed by atoms with Gasteiger partial charge in [0.1, 0.15) is 0 Å². The lowest BCUT2D eigenvalue weighted by Gasteiger charge is -2.18. The lowest BCUT2D eigenvalue weighted by atomic mass is 9.93. The molecule has 0 aliphatic carbocycles. The predicted molar refractivity (Wildman–Crippen MR) is 88.6 cm³/mol. The minimum atomic E-state index is -0.248. The van der Waals surface area contributed by atoms with Gasteiger partial charge in [-0.3, -0.25) is 0 Å². The number of aromatic amines is 2. The van der Waals surface area contributed by atoms with Crippen molar-refractivity contribution in [2.75, 3.05) is 0 Å². The molecule has 0 fully saturated rings. The standard InChI is InChI=1S/C16H16BrN3O/c1-8-4-3-5-10(9(8)2)15(18)11-6-13-14(7-12(11)17)20-16(21)19-13/h3-7,15H,18H2,1-2H3,(H2,19,20,21). The fourth-order valence-electron chi connectivity index (χ4n) is 2.59. The number of imidazole rings is 1. The van der Waals surface area contributed by atoms with Crippen LogP contribution in [0.4, 0.5) is 0 Å². The van der Waals surface area contributed by atoms with E-state index in [1.807, 2.05) is 24.3 Å². The van der Waals surface area contributed by atoms with Crippen LogP contribution in [0.5, 0.6) is 0 Å². The third kappa shape index (κ3) is 2.43. The highest BCUT2D eigenvalue weighted by Gasteiger charge is 2.16. The SMILES string of the molecule is Cc1cccc(C(N)c2cc3[nH]c(=O)[nH]c3cc2Br)c1C. The van der Waals surface area contributed by atoms with Crippen LogP contribution in [0.25, 0.3) is 11.0 Å². The van der Waals surface area contributed by atoms with Crippen molar-refractivity contribution in [2.45, 2.75) is 19.9 Å². The summed E-state index contributed by atoms with van der Waals surface area (Å²) in [5.41, 5.74) is 12.2.